The van der Waals surface area contributed by atoms with Crippen molar-refractivity contribution in [1.82, 2.24) is 4.98 Å². The summed E-state index contributed by atoms with van der Waals surface area (Å²) in [7, 11) is 0. The Morgan fingerprint density at radius 1 is 1.53 bits per heavy atom. The largest absolute Gasteiger partial charge is 0.311 e. The van der Waals surface area contributed by atoms with E-state index in [1.165, 1.54) is 0 Å². The minimum Gasteiger partial charge on any atom is -0.311 e. The highest BCUT2D eigenvalue weighted by molar-refractivity contribution is 9.10. The summed E-state index contributed by atoms with van der Waals surface area (Å²) < 4.78 is 0.905. The first-order valence-corrected chi connectivity index (χ1v) is 5.78. The molecule has 1 rings (SSSR count). The molecular weight excluding hydrogens is 256 g/mol. The van der Waals surface area contributed by atoms with Crippen LogP contribution in [0.4, 0.5) is 5.82 Å². The fourth-order valence-electron chi connectivity index (χ4n) is 1.07. The van der Waals surface area contributed by atoms with Crippen molar-refractivity contribution in [2.24, 2.45) is 5.92 Å². The van der Waals surface area contributed by atoms with E-state index in [0.717, 1.165) is 10.9 Å². The third kappa shape index (κ3) is 4.93. The van der Waals surface area contributed by atoms with Crippen molar-refractivity contribution in [3.8, 4) is 0 Å². The van der Waals surface area contributed by atoms with Gasteiger partial charge in [-0.2, -0.15) is 0 Å². The summed E-state index contributed by atoms with van der Waals surface area (Å²) in [4.78, 5) is 15.5. The number of carbonyl (C=O) groups is 1. The van der Waals surface area contributed by atoms with Gasteiger partial charge in [-0.25, -0.2) is 4.98 Å². The van der Waals surface area contributed by atoms with Gasteiger partial charge >= 0.3 is 0 Å². The van der Waals surface area contributed by atoms with Gasteiger partial charge in [0, 0.05) is 17.1 Å². The van der Waals surface area contributed by atoms with Crippen molar-refractivity contribution in [1.29, 1.82) is 0 Å². The molecule has 0 unspecified atom stereocenters. The Morgan fingerprint density at radius 3 is 2.80 bits per heavy atom. The zero-order valence-electron chi connectivity index (χ0n) is 8.96. The second-order valence-electron chi connectivity index (χ2n) is 3.84. The lowest BCUT2D eigenvalue weighted by atomic mass is 10.1. The Bertz CT molecular complexity index is 322. The maximum atomic E-state index is 11.4. The smallest absolute Gasteiger partial charge is 0.225 e. The van der Waals surface area contributed by atoms with Crippen LogP contribution in [0.3, 0.4) is 0 Å². The quantitative estimate of drug-likeness (QED) is 0.913. The summed E-state index contributed by atoms with van der Waals surface area (Å²) in [6, 6.07) is 3.63. The maximum absolute atomic E-state index is 11.4. The molecule has 1 N–H and O–H groups in total. The highest BCUT2D eigenvalue weighted by Crippen LogP contribution is 2.11. The molecule has 0 aromatic carbocycles. The number of rotatable bonds is 4. The van der Waals surface area contributed by atoms with E-state index in [-0.39, 0.29) is 5.91 Å². The molecule has 0 aliphatic rings. The van der Waals surface area contributed by atoms with Crippen LogP contribution in [0.1, 0.15) is 26.7 Å². The summed E-state index contributed by atoms with van der Waals surface area (Å²) in [5, 5.41) is 2.75. The average Bonchev–Trinajstić information content (AvgIpc) is 2.19. The first kappa shape index (κ1) is 12.2. The maximum Gasteiger partial charge on any atom is 0.225 e. The molecule has 0 bridgehead atoms. The van der Waals surface area contributed by atoms with Crippen molar-refractivity contribution in [2.45, 2.75) is 26.7 Å². The molecule has 0 aliphatic carbocycles. The average molecular weight is 271 g/mol. The van der Waals surface area contributed by atoms with Gasteiger partial charge in [0.15, 0.2) is 0 Å². The summed E-state index contributed by atoms with van der Waals surface area (Å²) in [6.45, 7) is 4.20. The molecule has 1 heterocycles. The predicted molar refractivity (Wildman–Crippen MR) is 64.6 cm³/mol. The van der Waals surface area contributed by atoms with E-state index in [1.54, 1.807) is 12.3 Å². The molecule has 0 saturated heterocycles. The van der Waals surface area contributed by atoms with Crippen LogP contribution in [0.2, 0.25) is 0 Å². The number of amides is 1. The fourth-order valence-corrected chi connectivity index (χ4v) is 1.31. The number of nitrogens with zero attached hydrogens (tertiary/aromatic N) is 1. The molecule has 0 spiro atoms. The van der Waals surface area contributed by atoms with Crippen LogP contribution in [0.15, 0.2) is 22.8 Å². The van der Waals surface area contributed by atoms with Crippen LogP contribution < -0.4 is 5.32 Å². The summed E-state index contributed by atoms with van der Waals surface area (Å²) in [5.74, 6) is 1.18. The predicted octanol–water partition coefficient (Wildman–Crippen LogP) is 3.22. The van der Waals surface area contributed by atoms with Gasteiger partial charge in [-0.3, -0.25) is 4.79 Å². The van der Waals surface area contributed by atoms with Crippen molar-refractivity contribution in [3.05, 3.63) is 22.8 Å². The number of carbonyl (C=O) groups excluding carboxylic acids is 1. The van der Waals surface area contributed by atoms with Gasteiger partial charge in [-0.05, 0) is 40.4 Å². The Balaban J connectivity index is 2.41. The molecule has 4 heteroatoms. The molecule has 3 nitrogen and oxygen atoms in total. The molecule has 15 heavy (non-hydrogen) atoms. The lowest BCUT2D eigenvalue weighted by Crippen LogP contribution is -2.12. The molecule has 0 atom stereocenters. The number of nitrogens with one attached hydrogen (secondary N) is 1. The molecule has 0 radical (unpaired) electrons. The molecule has 1 aromatic rings. The van der Waals surface area contributed by atoms with E-state index < -0.39 is 0 Å². The number of anilines is 1. The molecular formula is C11H15BrN2O. The van der Waals surface area contributed by atoms with Crippen LogP contribution in [0.5, 0.6) is 0 Å². The molecule has 1 amide bonds. The Kier molecular flexibility index (Phi) is 4.75. The van der Waals surface area contributed by atoms with Gasteiger partial charge in [-0.15, -0.1) is 0 Å². The molecule has 1 aromatic heterocycles. The van der Waals surface area contributed by atoms with Crippen molar-refractivity contribution >= 4 is 27.7 Å². The van der Waals surface area contributed by atoms with Gasteiger partial charge in [0.05, 0.1) is 0 Å². The third-order valence-electron chi connectivity index (χ3n) is 1.94. The van der Waals surface area contributed by atoms with Gasteiger partial charge < -0.3 is 5.32 Å². The standard InChI is InChI=1S/C11H15BrN2O/c1-8(2)3-6-11(15)14-10-5-4-9(12)7-13-10/h4-5,7-8H,3,6H2,1-2H3,(H,13,14,15). The van der Waals surface area contributed by atoms with Gasteiger partial charge in [0.25, 0.3) is 0 Å². The summed E-state index contributed by atoms with van der Waals surface area (Å²) >= 11 is 3.29. The normalized spacial score (nSPS) is 10.4. The van der Waals surface area contributed by atoms with E-state index in [0.29, 0.717) is 18.2 Å². The van der Waals surface area contributed by atoms with Crippen LogP contribution in [-0.2, 0) is 4.79 Å². The van der Waals surface area contributed by atoms with Crippen LogP contribution in [-0.4, -0.2) is 10.9 Å². The van der Waals surface area contributed by atoms with E-state index in [2.05, 4.69) is 40.1 Å². The summed E-state index contributed by atoms with van der Waals surface area (Å²) in [5.41, 5.74) is 0. The first-order chi connectivity index (χ1) is 7.08. The Hall–Kier alpha value is -0.900. The van der Waals surface area contributed by atoms with Crippen molar-refractivity contribution < 1.29 is 4.79 Å². The van der Waals surface area contributed by atoms with Crippen LogP contribution in [0, 0.1) is 5.92 Å². The fraction of sp³-hybridized carbons (Fsp3) is 0.455. The lowest BCUT2D eigenvalue weighted by molar-refractivity contribution is -0.116. The molecule has 0 saturated carbocycles. The lowest BCUT2D eigenvalue weighted by Gasteiger charge is -2.05. The topological polar surface area (TPSA) is 42.0 Å². The SMILES string of the molecule is CC(C)CCC(=O)Nc1ccc(Br)cn1. The zero-order valence-corrected chi connectivity index (χ0v) is 10.5. The second kappa shape index (κ2) is 5.85. The van der Waals surface area contributed by atoms with E-state index in [4.69, 9.17) is 0 Å². The highest BCUT2D eigenvalue weighted by atomic mass is 79.9. The number of pyridine rings is 1. The van der Waals surface area contributed by atoms with Gasteiger partial charge in [-0.1, -0.05) is 13.8 Å². The van der Waals surface area contributed by atoms with E-state index >= 15 is 0 Å². The molecule has 0 fully saturated rings. The Labute approximate surface area is 98.4 Å². The number of hydrogen-bond donors (Lipinski definition) is 1. The van der Waals surface area contributed by atoms with Crippen molar-refractivity contribution in [2.75, 3.05) is 5.32 Å². The first-order valence-electron chi connectivity index (χ1n) is 4.99. The van der Waals surface area contributed by atoms with Crippen LogP contribution >= 0.6 is 15.9 Å². The van der Waals surface area contributed by atoms with Crippen LogP contribution in [0.25, 0.3) is 0 Å². The molecule has 82 valence electrons. The second-order valence-corrected chi connectivity index (χ2v) is 4.76. The van der Waals surface area contributed by atoms with E-state index in [9.17, 15) is 4.79 Å². The monoisotopic (exact) mass is 270 g/mol. The van der Waals surface area contributed by atoms with Gasteiger partial charge in [0.2, 0.25) is 5.91 Å². The summed E-state index contributed by atoms with van der Waals surface area (Å²) in [6.07, 6.45) is 3.12. The van der Waals surface area contributed by atoms with Gasteiger partial charge in [0.1, 0.15) is 5.82 Å². The molecule has 0 aliphatic heterocycles. The minimum absolute atomic E-state index is 0.0264. The highest BCUT2D eigenvalue weighted by Gasteiger charge is 2.04. The number of hydrogen-bond acceptors (Lipinski definition) is 2. The Morgan fingerprint density at radius 2 is 2.27 bits per heavy atom. The minimum atomic E-state index is 0.0264. The number of aromatic nitrogens is 1. The third-order valence-corrected chi connectivity index (χ3v) is 2.41. The zero-order chi connectivity index (χ0) is 11.3. The number of halogens is 1. The van der Waals surface area contributed by atoms with E-state index in [1.807, 2.05) is 6.07 Å². The van der Waals surface area contributed by atoms with Crippen molar-refractivity contribution in [3.63, 3.8) is 0 Å².